The van der Waals surface area contributed by atoms with Gasteiger partial charge in [-0.2, -0.15) is 0 Å². The topological polar surface area (TPSA) is 12.5 Å². The highest BCUT2D eigenvalue weighted by Crippen LogP contribution is 2.47. The number of terminal acetylenes is 2. The first-order valence-corrected chi connectivity index (χ1v) is 13.6. The van der Waals surface area contributed by atoms with Gasteiger partial charge in [0.2, 0.25) is 0 Å². The zero-order valence-corrected chi connectivity index (χ0v) is 23.0. The summed E-state index contributed by atoms with van der Waals surface area (Å²) in [5.41, 5.74) is 3.88. The molecule has 2 nitrogen and oxygen atoms in total. The maximum Gasteiger partial charge on any atom is 0.148 e. The van der Waals surface area contributed by atoms with Crippen LogP contribution < -0.4 is 9.64 Å². The Kier molecular flexibility index (Phi) is 10.6. The van der Waals surface area contributed by atoms with Crippen molar-refractivity contribution in [1.82, 2.24) is 0 Å². The van der Waals surface area contributed by atoms with E-state index in [9.17, 15) is 0 Å². The Balaban J connectivity index is 0.000000193. The summed E-state index contributed by atoms with van der Waals surface area (Å²) >= 11 is 1.83. The van der Waals surface area contributed by atoms with Gasteiger partial charge < -0.3 is 9.64 Å². The lowest BCUT2D eigenvalue weighted by atomic mass is 9.99. The van der Waals surface area contributed by atoms with Crippen LogP contribution in [0.2, 0.25) is 0 Å². The van der Waals surface area contributed by atoms with E-state index >= 15 is 0 Å². The van der Waals surface area contributed by atoms with Crippen LogP contribution >= 0.6 is 11.8 Å². The van der Waals surface area contributed by atoms with E-state index in [-0.39, 0.29) is 0 Å². The van der Waals surface area contributed by atoms with E-state index in [0.29, 0.717) is 12.5 Å². The molecule has 4 aromatic rings. The molecule has 0 saturated heterocycles. The average Bonchev–Trinajstić information content (AvgIpc) is 2.95. The summed E-state index contributed by atoms with van der Waals surface area (Å²) in [7, 11) is 0. The molecule has 0 unspecified atom stereocenters. The van der Waals surface area contributed by atoms with Crippen molar-refractivity contribution >= 4 is 33.9 Å². The normalized spacial score (nSPS) is 11.1. The van der Waals surface area contributed by atoms with E-state index in [1.54, 1.807) is 0 Å². The van der Waals surface area contributed by atoms with E-state index < -0.39 is 0 Å². The minimum atomic E-state index is 0.315. The van der Waals surface area contributed by atoms with E-state index in [1.807, 2.05) is 37.7 Å². The smallest absolute Gasteiger partial charge is 0.148 e. The second-order valence-corrected chi connectivity index (χ2v) is 9.64. The number of para-hydroxylation sites is 2. The standard InChI is InChI=1S/C16H13NS.C16H16O.C2H6/c1-2-3-12-17-13-8-4-6-10-15(13)18-16-11-7-5-9-14(16)17;1-4-9-17-16-8-7-14-10-13(12(2)3)5-6-15(14)11-16;1-2/h1,4-11H,3,12H2;1,5-8,10-12H,9H2,2-3H3;1-2H3. The molecule has 0 aliphatic carbocycles. The molecular formula is C34H35NOS. The monoisotopic (exact) mass is 505 g/mol. The average molecular weight is 506 g/mol. The van der Waals surface area contributed by atoms with Gasteiger partial charge in [-0.25, -0.2) is 0 Å². The molecule has 0 radical (unpaired) electrons. The van der Waals surface area contributed by atoms with Crippen molar-refractivity contribution in [3.63, 3.8) is 0 Å². The van der Waals surface area contributed by atoms with E-state index in [4.69, 9.17) is 17.6 Å². The fourth-order valence-electron chi connectivity index (χ4n) is 4.01. The van der Waals surface area contributed by atoms with Crippen LogP contribution in [0, 0.1) is 24.7 Å². The lowest BCUT2D eigenvalue weighted by Gasteiger charge is -2.32. The number of ether oxygens (including phenoxy) is 1. The molecule has 0 saturated carbocycles. The van der Waals surface area contributed by atoms with Gasteiger partial charge in [-0.3, -0.25) is 0 Å². The molecule has 0 amide bonds. The molecule has 0 bridgehead atoms. The fourth-order valence-corrected chi connectivity index (χ4v) is 5.11. The largest absolute Gasteiger partial charge is 0.481 e. The van der Waals surface area contributed by atoms with E-state index in [0.717, 1.165) is 18.7 Å². The van der Waals surface area contributed by atoms with Crippen LogP contribution in [0.4, 0.5) is 11.4 Å². The van der Waals surface area contributed by atoms with Gasteiger partial charge in [0.1, 0.15) is 12.4 Å². The van der Waals surface area contributed by atoms with Gasteiger partial charge in [-0.15, -0.1) is 18.8 Å². The van der Waals surface area contributed by atoms with E-state index in [1.165, 1.54) is 37.5 Å². The maximum absolute atomic E-state index is 5.40. The summed E-state index contributed by atoms with van der Waals surface area (Å²) in [6.07, 6.45) is 11.3. The van der Waals surface area contributed by atoms with Gasteiger partial charge in [-0.05, 0) is 58.7 Å². The molecule has 1 heterocycles. The summed E-state index contributed by atoms with van der Waals surface area (Å²) < 4.78 is 5.40. The SMILES string of the molecule is C#CCCN1c2ccccc2Sc2ccccc21.C#CCOc1ccc2cc(C(C)C)ccc2c1.CC. The van der Waals surface area contributed by atoms with Crippen LogP contribution in [0.15, 0.2) is 94.7 Å². The first-order chi connectivity index (χ1) is 18.1. The van der Waals surface area contributed by atoms with Crippen molar-refractivity contribution in [3.8, 4) is 30.4 Å². The highest BCUT2D eigenvalue weighted by Gasteiger charge is 2.21. The molecule has 0 aromatic heterocycles. The molecule has 0 fully saturated rings. The van der Waals surface area contributed by atoms with Crippen molar-refractivity contribution in [2.45, 2.75) is 49.8 Å². The molecule has 4 aromatic carbocycles. The first-order valence-electron chi connectivity index (χ1n) is 12.8. The Hall–Kier alpha value is -3.79. The third-order valence-corrected chi connectivity index (χ3v) is 6.97. The van der Waals surface area contributed by atoms with Gasteiger partial charge in [0.25, 0.3) is 0 Å². The van der Waals surface area contributed by atoms with Crippen molar-refractivity contribution in [2.24, 2.45) is 0 Å². The molecule has 37 heavy (non-hydrogen) atoms. The summed E-state index contributed by atoms with van der Waals surface area (Å²) in [4.78, 5) is 4.92. The van der Waals surface area contributed by atoms with Crippen molar-refractivity contribution in [2.75, 3.05) is 18.1 Å². The van der Waals surface area contributed by atoms with Gasteiger partial charge in [0.15, 0.2) is 0 Å². The predicted octanol–water partition coefficient (Wildman–Crippen LogP) is 9.31. The summed E-state index contributed by atoms with van der Waals surface area (Å²) in [6.45, 7) is 9.58. The quantitative estimate of drug-likeness (QED) is 0.251. The highest BCUT2D eigenvalue weighted by molar-refractivity contribution is 7.99. The summed E-state index contributed by atoms with van der Waals surface area (Å²) in [5, 5.41) is 2.42. The minimum Gasteiger partial charge on any atom is -0.481 e. The van der Waals surface area contributed by atoms with Crippen LogP contribution in [0.1, 0.15) is 45.6 Å². The Morgan fingerprint density at radius 3 is 1.97 bits per heavy atom. The van der Waals surface area contributed by atoms with Crippen molar-refractivity contribution < 1.29 is 4.74 Å². The summed E-state index contributed by atoms with van der Waals surface area (Å²) in [6, 6.07) is 29.6. The number of hydrogen-bond donors (Lipinski definition) is 0. The lowest BCUT2D eigenvalue weighted by Crippen LogP contribution is -2.21. The number of benzene rings is 4. The zero-order valence-electron chi connectivity index (χ0n) is 22.2. The molecule has 0 N–H and O–H groups in total. The third-order valence-electron chi connectivity index (χ3n) is 5.84. The fraction of sp³-hybridized carbons (Fsp3) is 0.235. The Morgan fingerprint density at radius 1 is 0.784 bits per heavy atom. The number of fused-ring (bicyclic) bond motifs is 3. The third kappa shape index (κ3) is 7.13. The summed E-state index contributed by atoms with van der Waals surface area (Å²) in [5.74, 6) is 6.57. The Labute approximate surface area is 227 Å². The van der Waals surface area contributed by atoms with Crippen LogP contribution in [-0.4, -0.2) is 13.2 Å². The predicted molar refractivity (Wildman–Crippen MR) is 161 cm³/mol. The molecule has 1 aliphatic heterocycles. The van der Waals surface area contributed by atoms with Crippen molar-refractivity contribution in [1.29, 1.82) is 0 Å². The van der Waals surface area contributed by atoms with Crippen molar-refractivity contribution in [3.05, 3.63) is 90.5 Å². The lowest BCUT2D eigenvalue weighted by molar-refractivity contribution is 0.371. The Bertz CT molecular complexity index is 1350. The number of nitrogens with zero attached hydrogens (tertiary/aromatic N) is 1. The van der Waals surface area contributed by atoms with E-state index in [2.05, 4.69) is 103 Å². The highest BCUT2D eigenvalue weighted by atomic mass is 32.2. The molecule has 0 atom stereocenters. The van der Waals surface area contributed by atoms with Gasteiger partial charge in [0.05, 0.1) is 11.4 Å². The molecule has 5 rings (SSSR count). The molecular weight excluding hydrogens is 470 g/mol. The maximum atomic E-state index is 5.40. The Morgan fingerprint density at radius 2 is 1.38 bits per heavy atom. The molecule has 1 aliphatic rings. The van der Waals surface area contributed by atoms with Crippen LogP contribution in [0.3, 0.4) is 0 Å². The molecule has 0 spiro atoms. The number of rotatable bonds is 5. The van der Waals surface area contributed by atoms with Gasteiger partial charge >= 0.3 is 0 Å². The van der Waals surface area contributed by atoms with Crippen LogP contribution in [-0.2, 0) is 0 Å². The molecule has 188 valence electrons. The second kappa shape index (κ2) is 14.1. The second-order valence-electron chi connectivity index (χ2n) is 8.56. The van der Waals surface area contributed by atoms with Gasteiger partial charge in [0, 0.05) is 22.8 Å². The minimum absolute atomic E-state index is 0.315. The van der Waals surface area contributed by atoms with Crippen LogP contribution in [0.5, 0.6) is 5.75 Å². The van der Waals surface area contributed by atoms with Gasteiger partial charge in [-0.1, -0.05) is 93.9 Å². The molecule has 3 heteroatoms. The number of anilines is 2. The van der Waals surface area contributed by atoms with Crippen LogP contribution in [0.25, 0.3) is 10.8 Å². The zero-order chi connectivity index (χ0) is 26.6. The first kappa shape index (κ1) is 27.8. The number of hydrogen-bond acceptors (Lipinski definition) is 3.